The Hall–Kier alpha value is -3.13. The van der Waals surface area contributed by atoms with Gasteiger partial charge in [-0.25, -0.2) is 9.67 Å². The molecule has 0 saturated heterocycles. The summed E-state index contributed by atoms with van der Waals surface area (Å²) in [6.45, 7) is 0.614. The molecule has 2 aromatic heterocycles. The first kappa shape index (κ1) is 16.1. The van der Waals surface area contributed by atoms with E-state index < -0.39 is 0 Å². The molecular weight excluding hydrogens is 412 g/mol. The lowest BCUT2D eigenvalue weighted by atomic mass is 10.2. The first-order chi connectivity index (χ1) is 13.2. The van der Waals surface area contributed by atoms with E-state index in [1.54, 1.807) is 21.8 Å². The average Bonchev–Trinajstić information content (AvgIpc) is 3.31. The summed E-state index contributed by atoms with van der Waals surface area (Å²) < 4.78 is 14.9. The third-order valence-corrected chi connectivity index (χ3v) is 4.94. The van der Waals surface area contributed by atoms with Crippen LogP contribution in [-0.4, -0.2) is 26.1 Å². The number of hydrogen-bond acceptors (Lipinski definition) is 5. The van der Waals surface area contributed by atoms with Crippen LogP contribution >= 0.6 is 15.9 Å². The molecule has 1 aliphatic heterocycles. The molecule has 0 atom stereocenters. The van der Waals surface area contributed by atoms with E-state index in [2.05, 4.69) is 26.0 Å². The Morgan fingerprint density at radius 3 is 2.74 bits per heavy atom. The highest BCUT2D eigenvalue weighted by Gasteiger charge is 2.15. The fourth-order valence-electron chi connectivity index (χ4n) is 3.07. The third kappa shape index (κ3) is 2.78. The number of hydrogen-bond donors (Lipinski definition) is 0. The summed E-state index contributed by atoms with van der Waals surface area (Å²) in [4.78, 5) is 17.3. The maximum absolute atomic E-state index is 12.9. The normalized spacial score (nSPS) is 12.6. The van der Waals surface area contributed by atoms with Gasteiger partial charge in [0.05, 0.1) is 18.4 Å². The summed E-state index contributed by atoms with van der Waals surface area (Å²) in [7, 11) is 0. The molecule has 0 amide bonds. The van der Waals surface area contributed by atoms with E-state index in [1.807, 2.05) is 42.5 Å². The molecule has 27 heavy (non-hydrogen) atoms. The topological polar surface area (TPSA) is 71.2 Å². The van der Waals surface area contributed by atoms with E-state index in [-0.39, 0.29) is 12.4 Å². The predicted molar refractivity (Wildman–Crippen MR) is 102 cm³/mol. The smallest absolute Gasteiger partial charge is 0.264 e. The molecular formula is C19H13BrN4O3. The fourth-order valence-corrected chi connectivity index (χ4v) is 3.33. The second-order valence-electron chi connectivity index (χ2n) is 6.14. The minimum absolute atomic E-state index is 0.138. The van der Waals surface area contributed by atoms with Crippen LogP contribution < -0.4 is 15.0 Å². The van der Waals surface area contributed by atoms with Crippen molar-refractivity contribution in [3.8, 4) is 17.2 Å². The maximum atomic E-state index is 12.9. The standard InChI is InChI=1S/C19H13BrN4O3/c20-13-2-4-14(5-3-13)24-18-15(8-22-24)19(25)23(10-21-18)9-12-1-6-16-17(7-12)27-11-26-16/h1-8,10H,9,11H2. The van der Waals surface area contributed by atoms with E-state index in [9.17, 15) is 4.79 Å². The van der Waals surface area contributed by atoms with Crippen LogP contribution in [0.5, 0.6) is 11.5 Å². The predicted octanol–water partition coefficient (Wildman–Crippen LogP) is 3.12. The van der Waals surface area contributed by atoms with Crippen LogP contribution in [0.25, 0.3) is 16.7 Å². The zero-order valence-corrected chi connectivity index (χ0v) is 15.6. The molecule has 0 saturated carbocycles. The molecule has 0 bridgehead atoms. The quantitative estimate of drug-likeness (QED) is 0.505. The number of ether oxygens (including phenoxy) is 2. The molecule has 0 fully saturated rings. The van der Waals surface area contributed by atoms with Gasteiger partial charge in [-0.2, -0.15) is 5.10 Å². The van der Waals surface area contributed by atoms with E-state index in [0.717, 1.165) is 21.5 Å². The molecule has 8 heteroatoms. The van der Waals surface area contributed by atoms with Crippen LogP contribution in [0.4, 0.5) is 0 Å². The number of nitrogens with zero attached hydrogens (tertiary/aromatic N) is 4. The fraction of sp³-hybridized carbons (Fsp3) is 0.105. The second-order valence-corrected chi connectivity index (χ2v) is 7.05. The van der Waals surface area contributed by atoms with Crippen molar-refractivity contribution < 1.29 is 9.47 Å². The zero-order valence-electron chi connectivity index (χ0n) is 14.0. The van der Waals surface area contributed by atoms with Crippen molar-refractivity contribution in [2.75, 3.05) is 6.79 Å². The molecule has 0 N–H and O–H groups in total. The largest absolute Gasteiger partial charge is 0.454 e. The molecule has 5 rings (SSSR count). The summed E-state index contributed by atoms with van der Waals surface area (Å²) in [6.07, 6.45) is 3.11. The van der Waals surface area contributed by atoms with Gasteiger partial charge in [0.15, 0.2) is 17.1 Å². The number of halogens is 1. The van der Waals surface area contributed by atoms with Crippen molar-refractivity contribution in [1.82, 2.24) is 19.3 Å². The molecule has 4 aromatic rings. The number of benzene rings is 2. The molecule has 3 heterocycles. The Kier molecular flexibility index (Phi) is 3.71. The molecule has 0 aliphatic carbocycles. The first-order valence-electron chi connectivity index (χ1n) is 8.27. The van der Waals surface area contributed by atoms with Crippen molar-refractivity contribution in [3.63, 3.8) is 0 Å². The van der Waals surface area contributed by atoms with E-state index >= 15 is 0 Å². The Bertz CT molecular complexity index is 1210. The summed E-state index contributed by atoms with van der Waals surface area (Å²) in [6, 6.07) is 13.3. The molecule has 0 radical (unpaired) electrons. The van der Waals surface area contributed by atoms with Gasteiger partial charge >= 0.3 is 0 Å². The van der Waals surface area contributed by atoms with Gasteiger partial charge in [0.25, 0.3) is 5.56 Å². The second kappa shape index (κ2) is 6.24. The van der Waals surface area contributed by atoms with Crippen LogP contribution in [0.1, 0.15) is 5.56 Å². The van der Waals surface area contributed by atoms with Crippen LogP contribution in [0.15, 0.2) is 64.3 Å². The van der Waals surface area contributed by atoms with E-state index in [4.69, 9.17) is 9.47 Å². The van der Waals surface area contributed by atoms with Gasteiger partial charge in [-0.3, -0.25) is 9.36 Å². The van der Waals surface area contributed by atoms with Crippen molar-refractivity contribution >= 4 is 27.0 Å². The van der Waals surface area contributed by atoms with Gasteiger partial charge in [-0.05, 0) is 42.0 Å². The van der Waals surface area contributed by atoms with Crippen LogP contribution in [-0.2, 0) is 6.54 Å². The molecule has 7 nitrogen and oxygen atoms in total. The molecule has 2 aromatic carbocycles. The van der Waals surface area contributed by atoms with E-state index in [1.165, 1.54) is 0 Å². The highest BCUT2D eigenvalue weighted by molar-refractivity contribution is 9.10. The Labute approximate surface area is 161 Å². The average molecular weight is 425 g/mol. The SMILES string of the molecule is O=c1c2cnn(-c3ccc(Br)cc3)c2ncn1Cc1ccc2c(c1)OCO2. The van der Waals surface area contributed by atoms with Gasteiger partial charge < -0.3 is 9.47 Å². The minimum Gasteiger partial charge on any atom is -0.454 e. The van der Waals surface area contributed by atoms with Crippen molar-refractivity contribution in [2.45, 2.75) is 6.54 Å². The van der Waals surface area contributed by atoms with Gasteiger partial charge in [-0.15, -0.1) is 0 Å². The Balaban J connectivity index is 1.53. The van der Waals surface area contributed by atoms with Crippen LogP contribution in [0, 0.1) is 0 Å². The highest BCUT2D eigenvalue weighted by atomic mass is 79.9. The zero-order chi connectivity index (χ0) is 18.4. The number of fused-ring (bicyclic) bond motifs is 2. The molecule has 1 aliphatic rings. The van der Waals surface area contributed by atoms with Crippen molar-refractivity contribution in [2.24, 2.45) is 0 Å². The lowest BCUT2D eigenvalue weighted by Crippen LogP contribution is -2.21. The van der Waals surface area contributed by atoms with Crippen LogP contribution in [0.3, 0.4) is 0 Å². The van der Waals surface area contributed by atoms with Crippen LogP contribution in [0.2, 0.25) is 0 Å². The molecule has 0 spiro atoms. The summed E-state index contributed by atoms with van der Waals surface area (Å²) in [5.41, 5.74) is 2.17. The molecule has 0 unspecified atom stereocenters. The Morgan fingerprint density at radius 2 is 1.89 bits per heavy atom. The number of aromatic nitrogens is 4. The van der Waals surface area contributed by atoms with E-state index in [0.29, 0.717) is 23.3 Å². The van der Waals surface area contributed by atoms with Crippen molar-refractivity contribution in [1.29, 1.82) is 0 Å². The Morgan fingerprint density at radius 1 is 1.07 bits per heavy atom. The summed E-state index contributed by atoms with van der Waals surface area (Å²) >= 11 is 3.41. The van der Waals surface area contributed by atoms with Gasteiger partial charge in [0.1, 0.15) is 11.7 Å². The lowest BCUT2D eigenvalue weighted by molar-refractivity contribution is 0.174. The molecule has 134 valence electrons. The summed E-state index contributed by atoms with van der Waals surface area (Å²) in [5, 5.41) is 4.81. The van der Waals surface area contributed by atoms with Gasteiger partial charge in [0.2, 0.25) is 6.79 Å². The number of rotatable bonds is 3. The third-order valence-electron chi connectivity index (χ3n) is 4.42. The monoisotopic (exact) mass is 424 g/mol. The minimum atomic E-state index is -0.138. The maximum Gasteiger partial charge on any atom is 0.264 e. The highest BCUT2D eigenvalue weighted by Crippen LogP contribution is 2.32. The van der Waals surface area contributed by atoms with Gasteiger partial charge in [-0.1, -0.05) is 22.0 Å². The lowest BCUT2D eigenvalue weighted by Gasteiger charge is -2.07. The van der Waals surface area contributed by atoms with Gasteiger partial charge in [0, 0.05) is 4.47 Å². The first-order valence-corrected chi connectivity index (χ1v) is 9.06. The summed E-state index contributed by atoms with van der Waals surface area (Å²) in [5.74, 6) is 1.41. The van der Waals surface area contributed by atoms with Crippen molar-refractivity contribution in [3.05, 3.63) is 75.4 Å².